The third-order valence-corrected chi connectivity index (χ3v) is 5.08. The van der Waals surface area contributed by atoms with Crippen LogP contribution in [0.1, 0.15) is 30.6 Å². The van der Waals surface area contributed by atoms with Crippen molar-refractivity contribution >= 4 is 28.2 Å². The normalized spacial score (nSPS) is 17.6. The minimum atomic E-state index is -0.458. The van der Waals surface area contributed by atoms with Crippen molar-refractivity contribution in [2.75, 3.05) is 31.6 Å². The van der Waals surface area contributed by atoms with Gasteiger partial charge in [0.2, 0.25) is 5.91 Å². The van der Waals surface area contributed by atoms with E-state index in [1.54, 1.807) is 30.7 Å². The van der Waals surface area contributed by atoms with E-state index in [1.165, 1.54) is 11.3 Å². The number of carbonyl (C=O) groups is 2. The molecule has 0 aromatic carbocycles. The van der Waals surface area contributed by atoms with Gasteiger partial charge in [-0.05, 0) is 37.9 Å². The number of likely N-dealkylation sites (tertiary alicyclic amines) is 1. The summed E-state index contributed by atoms with van der Waals surface area (Å²) in [4.78, 5) is 26.9. The van der Waals surface area contributed by atoms with Crippen LogP contribution in [0.25, 0.3) is 11.3 Å². The summed E-state index contributed by atoms with van der Waals surface area (Å²) in [6.07, 6.45) is 2.66. The Bertz CT molecular complexity index is 738. The first-order valence-electron chi connectivity index (χ1n) is 8.43. The van der Waals surface area contributed by atoms with Gasteiger partial charge in [0.25, 0.3) is 0 Å². The van der Waals surface area contributed by atoms with Gasteiger partial charge in [-0.2, -0.15) is 0 Å². The number of nitrogens with one attached hydrogen (secondary N) is 1. The van der Waals surface area contributed by atoms with Crippen LogP contribution in [0.4, 0.5) is 5.00 Å². The second-order valence-electron chi connectivity index (χ2n) is 6.23. The fourth-order valence-corrected chi connectivity index (χ4v) is 3.96. The molecule has 0 aliphatic carbocycles. The molecule has 7 heteroatoms. The molecule has 3 rings (SSSR count). The minimum Gasteiger partial charge on any atom is -0.464 e. The smallest absolute Gasteiger partial charge is 0.341 e. The molecule has 1 aliphatic rings. The van der Waals surface area contributed by atoms with Crippen LogP contribution >= 0.6 is 11.3 Å². The van der Waals surface area contributed by atoms with E-state index in [-0.39, 0.29) is 12.5 Å². The Morgan fingerprint density at radius 2 is 2.32 bits per heavy atom. The zero-order valence-electron chi connectivity index (χ0n) is 14.4. The van der Waals surface area contributed by atoms with Crippen molar-refractivity contribution in [1.29, 1.82) is 0 Å². The summed E-state index contributed by atoms with van der Waals surface area (Å²) >= 11 is 1.30. The number of rotatable bonds is 6. The Hall–Kier alpha value is -2.12. The molecule has 1 amide bonds. The molecule has 3 heterocycles. The molecule has 1 unspecified atom stereocenters. The largest absolute Gasteiger partial charge is 0.464 e. The molecule has 0 saturated carbocycles. The van der Waals surface area contributed by atoms with E-state index in [1.807, 2.05) is 0 Å². The summed E-state index contributed by atoms with van der Waals surface area (Å²) in [5.41, 5.74) is 0.989. The van der Waals surface area contributed by atoms with E-state index in [9.17, 15) is 9.59 Å². The van der Waals surface area contributed by atoms with Crippen LogP contribution in [-0.2, 0) is 9.53 Å². The van der Waals surface area contributed by atoms with Crippen LogP contribution in [0.5, 0.6) is 0 Å². The minimum absolute atomic E-state index is 0.118. The monoisotopic (exact) mass is 362 g/mol. The van der Waals surface area contributed by atoms with Crippen molar-refractivity contribution < 1.29 is 18.7 Å². The standard InChI is InChI=1S/C18H22N2O4S/c1-3-23-18(22)16-13(14-5-4-8-24-14)11-25-17(16)19-15(21)10-20-7-6-12(2)9-20/h4-5,8,11-12H,3,6-7,9-10H2,1-2H3,(H,19,21). The highest BCUT2D eigenvalue weighted by molar-refractivity contribution is 7.15. The number of esters is 1. The molecule has 1 N–H and O–H groups in total. The third-order valence-electron chi connectivity index (χ3n) is 4.19. The van der Waals surface area contributed by atoms with E-state index >= 15 is 0 Å². The first-order chi connectivity index (χ1) is 12.1. The summed E-state index contributed by atoms with van der Waals surface area (Å²) in [5, 5.41) is 5.18. The fourth-order valence-electron chi connectivity index (χ4n) is 3.01. The second-order valence-corrected chi connectivity index (χ2v) is 7.11. The van der Waals surface area contributed by atoms with Gasteiger partial charge in [0, 0.05) is 17.5 Å². The number of ether oxygens (including phenoxy) is 1. The third kappa shape index (κ3) is 4.11. The number of anilines is 1. The van der Waals surface area contributed by atoms with E-state index in [0.717, 1.165) is 19.5 Å². The van der Waals surface area contributed by atoms with Crippen molar-refractivity contribution in [3.8, 4) is 11.3 Å². The molecule has 0 spiro atoms. The molecule has 0 bridgehead atoms. The van der Waals surface area contributed by atoms with Crippen LogP contribution in [0, 0.1) is 5.92 Å². The molecule has 1 saturated heterocycles. The van der Waals surface area contributed by atoms with Gasteiger partial charge in [-0.1, -0.05) is 6.92 Å². The first kappa shape index (κ1) is 17.7. The van der Waals surface area contributed by atoms with Crippen molar-refractivity contribution in [3.05, 3.63) is 29.3 Å². The van der Waals surface area contributed by atoms with E-state index < -0.39 is 5.97 Å². The molecular formula is C18H22N2O4S. The number of hydrogen-bond acceptors (Lipinski definition) is 6. The zero-order valence-corrected chi connectivity index (χ0v) is 15.2. The van der Waals surface area contributed by atoms with Crippen LogP contribution in [-0.4, -0.2) is 43.0 Å². The molecule has 25 heavy (non-hydrogen) atoms. The number of carbonyl (C=O) groups excluding carboxylic acids is 2. The van der Waals surface area contributed by atoms with E-state index in [0.29, 0.717) is 34.4 Å². The van der Waals surface area contributed by atoms with Gasteiger partial charge in [-0.25, -0.2) is 4.79 Å². The predicted molar refractivity (Wildman–Crippen MR) is 96.8 cm³/mol. The summed E-state index contributed by atoms with van der Waals surface area (Å²) < 4.78 is 10.6. The van der Waals surface area contributed by atoms with Gasteiger partial charge in [-0.3, -0.25) is 9.69 Å². The highest BCUT2D eigenvalue weighted by Crippen LogP contribution is 2.36. The highest BCUT2D eigenvalue weighted by Gasteiger charge is 2.25. The van der Waals surface area contributed by atoms with Crippen molar-refractivity contribution in [1.82, 2.24) is 4.90 Å². The van der Waals surface area contributed by atoms with Gasteiger partial charge < -0.3 is 14.5 Å². The Balaban J connectivity index is 1.78. The van der Waals surface area contributed by atoms with E-state index in [4.69, 9.17) is 9.15 Å². The Labute approximate surface area is 150 Å². The lowest BCUT2D eigenvalue weighted by Gasteiger charge is -2.14. The summed E-state index contributed by atoms with van der Waals surface area (Å²) in [6.45, 7) is 6.41. The molecule has 1 fully saturated rings. The Kier molecular flexibility index (Phi) is 5.55. The topological polar surface area (TPSA) is 71.8 Å². The van der Waals surface area contributed by atoms with Gasteiger partial charge in [-0.15, -0.1) is 11.3 Å². The molecule has 2 aromatic heterocycles. The lowest BCUT2D eigenvalue weighted by atomic mass is 10.1. The van der Waals surface area contributed by atoms with Crippen LogP contribution in [0.15, 0.2) is 28.2 Å². The maximum atomic E-state index is 12.4. The van der Waals surface area contributed by atoms with Gasteiger partial charge >= 0.3 is 5.97 Å². The molecule has 0 radical (unpaired) electrons. The summed E-state index contributed by atoms with van der Waals surface area (Å²) in [5.74, 6) is 0.621. The van der Waals surface area contributed by atoms with Crippen LogP contribution in [0.2, 0.25) is 0 Å². The Morgan fingerprint density at radius 3 is 2.96 bits per heavy atom. The van der Waals surface area contributed by atoms with Crippen LogP contribution < -0.4 is 5.32 Å². The maximum Gasteiger partial charge on any atom is 0.341 e. The van der Waals surface area contributed by atoms with Crippen LogP contribution in [0.3, 0.4) is 0 Å². The lowest BCUT2D eigenvalue weighted by Crippen LogP contribution is -2.31. The number of hydrogen-bond donors (Lipinski definition) is 1. The number of nitrogens with zero attached hydrogens (tertiary/aromatic N) is 1. The summed E-state index contributed by atoms with van der Waals surface area (Å²) in [7, 11) is 0. The zero-order chi connectivity index (χ0) is 17.8. The fraction of sp³-hybridized carbons (Fsp3) is 0.444. The lowest BCUT2D eigenvalue weighted by molar-refractivity contribution is -0.117. The van der Waals surface area contributed by atoms with Gasteiger partial charge in [0.15, 0.2) is 0 Å². The second kappa shape index (κ2) is 7.84. The van der Waals surface area contributed by atoms with Gasteiger partial charge in [0.1, 0.15) is 16.3 Å². The molecule has 1 atom stereocenters. The number of furan rings is 1. The average Bonchev–Trinajstić information content (AvgIpc) is 3.28. The number of thiophene rings is 1. The predicted octanol–water partition coefficient (Wildman–Crippen LogP) is 3.47. The highest BCUT2D eigenvalue weighted by atomic mass is 32.1. The molecule has 134 valence electrons. The molecule has 1 aliphatic heterocycles. The maximum absolute atomic E-state index is 12.4. The Morgan fingerprint density at radius 1 is 1.48 bits per heavy atom. The summed E-state index contributed by atoms with van der Waals surface area (Å²) in [6, 6.07) is 3.54. The van der Waals surface area contributed by atoms with E-state index in [2.05, 4.69) is 17.1 Å². The quantitative estimate of drug-likeness (QED) is 0.797. The molecular weight excluding hydrogens is 340 g/mol. The van der Waals surface area contributed by atoms with Gasteiger partial charge in [0.05, 0.1) is 19.4 Å². The number of amides is 1. The molecule has 2 aromatic rings. The van der Waals surface area contributed by atoms with Crippen molar-refractivity contribution in [3.63, 3.8) is 0 Å². The van der Waals surface area contributed by atoms with Crippen molar-refractivity contribution in [2.24, 2.45) is 5.92 Å². The first-order valence-corrected chi connectivity index (χ1v) is 9.31. The average molecular weight is 362 g/mol. The molecule has 6 nitrogen and oxygen atoms in total. The SMILES string of the molecule is CCOC(=O)c1c(-c2ccco2)csc1NC(=O)CN1CCC(C)C1. The van der Waals surface area contributed by atoms with Crippen molar-refractivity contribution in [2.45, 2.75) is 20.3 Å².